The van der Waals surface area contributed by atoms with Crippen molar-refractivity contribution in [3.63, 3.8) is 0 Å². The SMILES string of the molecule is FC(F)(F)c1cn2c(n1)CC[C@H](CN[C@H]1CCCSC1)C2. The van der Waals surface area contributed by atoms with Gasteiger partial charge in [0.15, 0.2) is 5.69 Å². The number of halogens is 3. The predicted octanol–water partition coefficient (Wildman–Crippen LogP) is 2.95. The molecule has 1 N–H and O–H groups in total. The Bertz CT molecular complexity index is 480. The van der Waals surface area contributed by atoms with Crippen molar-refractivity contribution >= 4 is 11.8 Å². The van der Waals surface area contributed by atoms with Gasteiger partial charge >= 0.3 is 6.18 Å². The van der Waals surface area contributed by atoms with E-state index in [1.807, 2.05) is 11.8 Å². The maximum atomic E-state index is 12.7. The van der Waals surface area contributed by atoms with Crippen molar-refractivity contribution in [2.24, 2.45) is 5.92 Å². The fraction of sp³-hybridized carbons (Fsp3) is 0.786. The van der Waals surface area contributed by atoms with Gasteiger partial charge in [0.25, 0.3) is 0 Å². The number of nitrogens with one attached hydrogen (secondary N) is 1. The van der Waals surface area contributed by atoms with Crippen LogP contribution in [-0.2, 0) is 19.1 Å². The number of aryl methyl sites for hydroxylation is 1. The maximum absolute atomic E-state index is 12.7. The van der Waals surface area contributed by atoms with Gasteiger partial charge in [-0.15, -0.1) is 0 Å². The molecule has 118 valence electrons. The van der Waals surface area contributed by atoms with Crippen molar-refractivity contribution in [3.05, 3.63) is 17.7 Å². The summed E-state index contributed by atoms with van der Waals surface area (Å²) in [6.45, 7) is 1.54. The van der Waals surface area contributed by atoms with Gasteiger partial charge in [-0.1, -0.05) is 0 Å². The summed E-state index contributed by atoms with van der Waals surface area (Å²) in [6, 6.07) is 0.568. The zero-order chi connectivity index (χ0) is 14.9. The van der Waals surface area contributed by atoms with E-state index < -0.39 is 11.9 Å². The van der Waals surface area contributed by atoms with Crippen molar-refractivity contribution in [3.8, 4) is 0 Å². The number of hydrogen-bond acceptors (Lipinski definition) is 3. The molecule has 0 unspecified atom stereocenters. The lowest BCUT2D eigenvalue weighted by atomic mass is 9.99. The lowest BCUT2D eigenvalue weighted by Gasteiger charge is -2.28. The molecular formula is C14H20F3N3S. The largest absolute Gasteiger partial charge is 0.434 e. The molecular weight excluding hydrogens is 299 g/mol. The summed E-state index contributed by atoms with van der Waals surface area (Å²) in [5.41, 5.74) is -0.755. The first-order chi connectivity index (χ1) is 10.0. The minimum Gasteiger partial charge on any atom is -0.334 e. The topological polar surface area (TPSA) is 29.9 Å². The second-order valence-electron chi connectivity index (χ2n) is 5.92. The molecule has 3 rings (SSSR count). The summed E-state index contributed by atoms with van der Waals surface area (Å²) < 4.78 is 39.7. The second kappa shape index (κ2) is 6.20. The number of hydrogen-bond donors (Lipinski definition) is 1. The predicted molar refractivity (Wildman–Crippen MR) is 77.4 cm³/mol. The molecule has 0 aliphatic carbocycles. The molecule has 0 bridgehead atoms. The van der Waals surface area contributed by atoms with Crippen LogP contribution >= 0.6 is 11.8 Å². The Morgan fingerprint density at radius 3 is 2.95 bits per heavy atom. The van der Waals surface area contributed by atoms with E-state index in [1.165, 1.54) is 18.6 Å². The Balaban J connectivity index is 1.55. The number of aromatic nitrogens is 2. The summed E-state index contributed by atoms with van der Waals surface area (Å²) >= 11 is 1.98. The third-order valence-electron chi connectivity index (χ3n) is 4.24. The van der Waals surface area contributed by atoms with Crippen molar-refractivity contribution in [1.82, 2.24) is 14.9 Å². The molecule has 1 fully saturated rings. The first-order valence-corrected chi connectivity index (χ1v) is 8.62. The highest BCUT2D eigenvalue weighted by Crippen LogP contribution is 2.30. The van der Waals surface area contributed by atoms with Crippen molar-refractivity contribution in [2.75, 3.05) is 18.1 Å². The van der Waals surface area contributed by atoms with Crippen LogP contribution in [0, 0.1) is 5.92 Å². The third kappa shape index (κ3) is 3.74. The summed E-state index contributed by atoms with van der Waals surface area (Å²) in [5, 5.41) is 3.58. The van der Waals surface area contributed by atoms with E-state index in [4.69, 9.17) is 0 Å². The summed E-state index contributed by atoms with van der Waals surface area (Å²) in [7, 11) is 0. The normalized spacial score (nSPS) is 26.6. The molecule has 1 saturated heterocycles. The first-order valence-electron chi connectivity index (χ1n) is 7.47. The quantitative estimate of drug-likeness (QED) is 0.929. The molecule has 0 radical (unpaired) electrons. The molecule has 2 aliphatic heterocycles. The second-order valence-corrected chi connectivity index (χ2v) is 7.07. The fourth-order valence-electron chi connectivity index (χ4n) is 3.05. The Morgan fingerprint density at radius 2 is 2.24 bits per heavy atom. The van der Waals surface area contributed by atoms with Crippen LogP contribution in [0.3, 0.4) is 0 Å². The lowest BCUT2D eigenvalue weighted by molar-refractivity contribution is -0.141. The van der Waals surface area contributed by atoms with E-state index in [9.17, 15) is 13.2 Å². The molecule has 21 heavy (non-hydrogen) atoms. The van der Waals surface area contributed by atoms with Crippen LogP contribution in [0.25, 0.3) is 0 Å². The molecule has 7 heteroatoms. The van der Waals surface area contributed by atoms with Crippen LogP contribution in [0.4, 0.5) is 13.2 Å². The third-order valence-corrected chi connectivity index (χ3v) is 5.45. The van der Waals surface area contributed by atoms with Gasteiger partial charge in [0.1, 0.15) is 5.82 Å². The maximum Gasteiger partial charge on any atom is 0.434 e. The molecule has 0 aromatic carbocycles. The van der Waals surface area contributed by atoms with Crippen LogP contribution in [0.5, 0.6) is 0 Å². The highest BCUT2D eigenvalue weighted by atomic mass is 32.2. The minimum absolute atomic E-state index is 0.403. The van der Waals surface area contributed by atoms with Crippen LogP contribution in [0.15, 0.2) is 6.20 Å². The van der Waals surface area contributed by atoms with Gasteiger partial charge in [0.05, 0.1) is 0 Å². The van der Waals surface area contributed by atoms with Crippen LogP contribution < -0.4 is 5.32 Å². The Labute approximate surface area is 126 Å². The van der Waals surface area contributed by atoms with Crippen molar-refractivity contribution in [1.29, 1.82) is 0 Å². The van der Waals surface area contributed by atoms with E-state index in [0.29, 0.717) is 30.7 Å². The standard InChI is InChI=1S/C14H20F3N3S/c15-14(16,17)12-8-20-7-10(3-4-13(20)19-12)6-18-11-2-1-5-21-9-11/h8,10-11,18H,1-7,9H2/t10-,11+/m1/s1. The monoisotopic (exact) mass is 319 g/mol. The molecule has 2 aliphatic rings. The van der Waals surface area contributed by atoms with Crippen LogP contribution in [0.2, 0.25) is 0 Å². The minimum atomic E-state index is -4.34. The highest BCUT2D eigenvalue weighted by molar-refractivity contribution is 7.99. The molecule has 1 aromatic rings. The molecule has 0 saturated carbocycles. The lowest BCUT2D eigenvalue weighted by Crippen LogP contribution is -2.39. The number of nitrogens with zero attached hydrogens (tertiary/aromatic N) is 2. The van der Waals surface area contributed by atoms with Gasteiger partial charge in [-0.25, -0.2) is 4.98 Å². The number of rotatable bonds is 3. The summed E-state index contributed by atoms with van der Waals surface area (Å²) in [6.07, 6.45) is 0.861. The average Bonchev–Trinajstić information content (AvgIpc) is 2.89. The highest BCUT2D eigenvalue weighted by Gasteiger charge is 2.35. The van der Waals surface area contributed by atoms with E-state index in [0.717, 1.165) is 24.9 Å². The molecule has 3 heterocycles. The fourth-order valence-corrected chi connectivity index (χ4v) is 4.16. The number of alkyl halides is 3. The summed E-state index contributed by atoms with van der Waals surface area (Å²) in [4.78, 5) is 3.72. The number of thioether (sulfide) groups is 1. The van der Waals surface area contributed by atoms with E-state index in [2.05, 4.69) is 10.3 Å². The average molecular weight is 319 g/mol. The molecule has 1 aromatic heterocycles. The van der Waals surface area contributed by atoms with Gasteiger partial charge in [-0.2, -0.15) is 24.9 Å². The Morgan fingerprint density at radius 1 is 1.38 bits per heavy atom. The Kier molecular flexibility index (Phi) is 4.49. The number of imidazole rings is 1. The molecule has 2 atom stereocenters. The van der Waals surface area contributed by atoms with Crippen LogP contribution in [-0.4, -0.2) is 33.6 Å². The number of fused-ring (bicyclic) bond motifs is 1. The zero-order valence-corrected chi connectivity index (χ0v) is 12.6. The summed E-state index contributed by atoms with van der Waals surface area (Å²) in [5.74, 6) is 3.38. The zero-order valence-electron chi connectivity index (χ0n) is 11.8. The van der Waals surface area contributed by atoms with Crippen molar-refractivity contribution in [2.45, 2.75) is 44.4 Å². The Hall–Kier alpha value is -0.690. The molecule has 0 spiro atoms. The van der Waals surface area contributed by atoms with Gasteiger partial charge < -0.3 is 9.88 Å². The van der Waals surface area contributed by atoms with Gasteiger partial charge in [0, 0.05) is 31.0 Å². The molecule has 0 amide bonds. The van der Waals surface area contributed by atoms with E-state index in [1.54, 1.807) is 4.57 Å². The van der Waals surface area contributed by atoms with Gasteiger partial charge in [-0.3, -0.25) is 0 Å². The van der Waals surface area contributed by atoms with Crippen LogP contribution in [0.1, 0.15) is 30.8 Å². The van der Waals surface area contributed by atoms with Gasteiger partial charge in [0.2, 0.25) is 0 Å². The molecule has 3 nitrogen and oxygen atoms in total. The first kappa shape index (κ1) is 15.2. The van der Waals surface area contributed by atoms with Crippen molar-refractivity contribution < 1.29 is 13.2 Å². The van der Waals surface area contributed by atoms with Gasteiger partial charge in [-0.05, 0) is 37.5 Å². The van der Waals surface area contributed by atoms with E-state index in [-0.39, 0.29) is 0 Å². The van der Waals surface area contributed by atoms with E-state index >= 15 is 0 Å². The smallest absolute Gasteiger partial charge is 0.334 e.